The minimum Gasteiger partial charge on any atom is -0.216 e. The molecule has 4 unspecified atom stereocenters. The summed E-state index contributed by atoms with van der Waals surface area (Å²) in [6, 6.07) is 0. The van der Waals surface area contributed by atoms with E-state index in [0.29, 0.717) is 11.5 Å². The lowest BCUT2D eigenvalue weighted by molar-refractivity contribution is 0.608. The topological polar surface area (TPSA) is 68.3 Å². The Morgan fingerprint density at radius 2 is 1.30 bits per heavy atom. The van der Waals surface area contributed by atoms with Gasteiger partial charge in [-0.3, -0.25) is 0 Å². The first-order valence-electron chi connectivity index (χ1n) is 5.48. The molecule has 1 aliphatic heterocycles. The van der Waals surface area contributed by atoms with E-state index in [9.17, 15) is 16.8 Å². The molecule has 4 nitrogen and oxygen atoms in total. The number of thiol groups is 2. The lowest BCUT2D eigenvalue weighted by atomic mass is 10.5. The number of hydrogen-bond donors (Lipinski definition) is 2. The number of thioether (sulfide) groups is 2. The lowest BCUT2D eigenvalue weighted by Gasteiger charge is -2.27. The average molecular weight is 433 g/mol. The summed E-state index contributed by atoms with van der Waals surface area (Å²) in [5.74, 6) is 0. The van der Waals surface area contributed by atoms with Crippen LogP contribution in [0.2, 0.25) is 0 Å². The Bertz CT molecular complexity index is 465. The highest BCUT2D eigenvalue weighted by Crippen LogP contribution is 2.47. The second-order valence-corrected chi connectivity index (χ2v) is 18.4. The van der Waals surface area contributed by atoms with Crippen molar-refractivity contribution in [1.29, 1.82) is 0 Å². The third-order valence-corrected chi connectivity index (χ3v) is 16.8. The fourth-order valence-corrected chi connectivity index (χ4v) is 13.8. The maximum Gasteiger partial charge on any atom is 0.214 e. The van der Waals surface area contributed by atoms with Crippen LogP contribution >= 0.6 is 70.4 Å². The van der Waals surface area contributed by atoms with E-state index >= 15 is 0 Å². The Labute approximate surface area is 147 Å². The number of hydrogen-bond acceptors (Lipinski definition) is 10. The fourth-order valence-electron chi connectivity index (χ4n) is 1.08. The van der Waals surface area contributed by atoms with Crippen molar-refractivity contribution in [3.8, 4) is 0 Å². The summed E-state index contributed by atoms with van der Waals surface area (Å²) < 4.78 is 45.5. The van der Waals surface area contributed by atoms with Crippen LogP contribution in [-0.2, 0) is 17.7 Å². The monoisotopic (exact) mass is 432 g/mol. The van der Waals surface area contributed by atoms with E-state index < -0.39 is 26.9 Å². The summed E-state index contributed by atoms with van der Waals surface area (Å²) in [5.41, 5.74) is 0. The summed E-state index contributed by atoms with van der Waals surface area (Å²) in [5, 5.41) is 0.683. The Morgan fingerprint density at radius 1 is 0.950 bits per heavy atom. The Hall–Kier alpha value is 2.00. The van der Waals surface area contributed by atoms with E-state index in [1.165, 1.54) is 37.4 Å². The lowest BCUT2D eigenvalue weighted by Crippen LogP contribution is -2.20. The van der Waals surface area contributed by atoms with Gasteiger partial charge >= 0.3 is 0 Å². The highest BCUT2D eigenvalue weighted by atomic mass is 33.1. The summed E-state index contributed by atoms with van der Waals surface area (Å²) in [6.07, 6.45) is 0.518. The van der Waals surface area contributed by atoms with Crippen LogP contribution in [0.15, 0.2) is 0 Å². The van der Waals surface area contributed by atoms with Gasteiger partial charge in [0.1, 0.15) is 9.16 Å². The van der Waals surface area contributed by atoms with Crippen molar-refractivity contribution in [1.82, 2.24) is 0 Å². The summed E-state index contributed by atoms with van der Waals surface area (Å²) >= 11 is 11.0. The molecule has 12 heteroatoms. The quantitative estimate of drug-likeness (QED) is 0.490. The Morgan fingerprint density at radius 3 is 1.60 bits per heavy atom. The van der Waals surface area contributed by atoms with Crippen molar-refractivity contribution in [3.05, 3.63) is 0 Å². The van der Waals surface area contributed by atoms with Crippen LogP contribution in [0.1, 0.15) is 20.3 Å². The van der Waals surface area contributed by atoms with Crippen molar-refractivity contribution in [2.45, 2.75) is 38.6 Å². The van der Waals surface area contributed by atoms with Crippen molar-refractivity contribution in [2.75, 3.05) is 5.08 Å². The van der Waals surface area contributed by atoms with Gasteiger partial charge in [-0.25, -0.2) is 16.8 Å². The zero-order valence-corrected chi connectivity index (χ0v) is 17.4. The van der Waals surface area contributed by atoms with Gasteiger partial charge in [-0.1, -0.05) is 0 Å². The van der Waals surface area contributed by atoms with Crippen molar-refractivity contribution in [2.24, 2.45) is 0 Å². The predicted molar refractivity (Wildman–Crippen MR) is 102 cm³/mol. The van der Waals surface area contributed by atoms with E-state index in [2.05, 4.69) is 25.3 Å². The van der Waals surface area contributed by atoms with Crippen LogP contribution < -0.4 is 0 Å². The van der Waals surface area contributed by atoms with Gasteiger partial charge in [0.2, 0.25) is 17.7 Å². The van der Waals surface area contributed by atoms with E-state index in [1.807, 2.05) is 0 Å². The molecule has 0 amide bonds. The van der Waals surface area contributed by atoms with Crippen molar-refractivity contribution < 1.29 is 16.8 Å². The van der Waals surface area contributed by atoms with Crippen LogP contribution in [-0.4, -0.2) is 40.2 Å². The number of rotatable bonds is 6. The van der Waals surface area contributed by atoms with E-state index in [1.54, 1.807) is 0 Å². The third kappa shape index (κ3) is 6.25. The molecule has 1 aliphatic rings. The Kier molecular flexibility index (Phi) is 8.22. The van der Waals surface area contributed by atoms with Gasteiger partial charge in [-0.2, -0.15) is 25.3 Å². The normalized spacial score (nSPS) is 28.0. The Balaban J connectivity index is 2.64. The first-order chi connectivity index (χ1) is 9.04. The zero-order chi connectivity index (χ0) is 15.6. The van der Waals surface area contributed by atoms with Gasteiger partial charge in [-0.05, 0) is 41.9 Å². The molecule has 0 N–H and O–H groups in total. The third-order valence-electron chi connectivity index (χ3n) is 2.21. The molecule has 0 aromatic carbocycles. The molecular formula is C8H16O4S8. The van der Waals surface area contributed by atoms with Gasteiger partial charge < -0.3 is 0 Å². The average Bonchev–Trinajstić information content (AvgIpc) is 2.27. The van der Waals surface area contributed by atoms with E-state index in [4.69, 9.17) is 0 Å². The van der Waals surface area contributed by atoms with Crippen LogP contribution in [0.5, 0.6) is 0 Å². The first kappa shape index (κ1) is 20.0. The molecule has 0 spiro atoms. The summed E-state index contributed by atoms with van der Waals surface area (Å²) in [4.78, 5) is 0. The molecule has 0 aliphatic carbocycles. The molecule has 1 fully saturated rings. The van der Waals surface area contributed by atoms with Gasteiger partial charge in [0.15, 0.2) is 0 Å². The van der Waals surface area contributed by atoms with Crippen molar-refractivity contribution >= 4 is 88.1 Å². The molecule has 0 saturated carbocycles. The zero-order valence-electron chi connectivity index (χ0n) is 10.7. The van der Waals surface area contributed by atoms with Gasteiger partial charge in [-0.15, -0.1) is 23.5 Å². The van der Waals surface area contributed by atoms with Crippen LogP contribution in [0.4, 0.5) is 0 Å². The standard InChI is InChI=1S/C8H16O4S8/c1-5(13)19(9,10)17-7-3-8(16-4-15-7)18-20(11,12)6(2)14/h5-8,13-14H,3-4H2,1-2H3. The molecule has 0 aromatic rings. The molecule has 1 heterocycles. The largest absolute Gasteiger partial charge is 0.216 e. The molecule has 0 radical (unpaired) electrons. The van der Waals surface area contributed by atoms with Crippen molar-refractivity contribution in [3.63, 3.8) is 0 Å². The van der Waals surface area contributed by atoms with Crippen LogP contribution in [0, 0.1) is 0 Å². The molecule has 1 rings (SSSR count). The smallest absolute Gasteiger partial charge is 0.214 e. The maximum absolute atomic E-state index is 11.8. The molecule has 120 valence electrons. The predicted octanol–water partition coefficient (Wildman–Crippen LogP) is 3.14. The highest BCUT2D eigenvalue weighted by Gasteiger charge is 2.33. The molecule has 4 atom stereocenters. The summed E-state index contributed by atoms with van der Waals surface area (Å²) in [6.45, 7) is 3.04. The minimum atomic E-state index is -3.30. The molecule has 0 aromatic heterocycles. The summed E-state index contributed by atoms with van der Waals surface area (Å²) in [7, 11) is -4.83. The molecule has 20 heavy (non-hydrogen) atoms. The van der Waals surface area contributed by atoms with E-state index in [-0.39, 0.29) is 9.16 Å². The van der Waals surface area contributed by atoms with Gasteiger partial charge in [0.05, 0.1) is 9.16 Å². The first-order valence-corrected chi connectivity index (χ1v) is 14.5. The molecule has 0 bridgehead atoms. The van der Waals surface area contributed by atoms with Gasteiger partial charge in [0, 0.05) is 5.08 Å². The highest BCUT2D eigenvalue weighted by molar-refractivity contribution is 8.76. The van der Waals surface area contributed by atoms with Crippen LogP contribution in [0.3, 0.4) is 0 Å². The second kappa shape index (κ2) is 8.20. The fraction of sp³-hybridized carbons (Fsp3) is 1.00. The van der Waals surface area contributed by atoms with Crippen LogP contribution in [0.25, 0.3) is 0 Å². The maximum atomic E-state index is 11.8. The van der Waals surface area contributed by atoms with Gasteiger partial charge in [0.25, 0.3) is 0 Å². The van der Waals surface area contributed by atoms with E-state index in [0.717, 1.165) is 21.6 Å². The molecular weight excluding hydrogens is 417 g/mol. The second-order valence-electron chi connectivity index (χ2n) is 3.92. The SMILES string of the molecule is CC(S)S(=O)(=O)SC1CC(SS(=O)(=O)C(C)S)SCS1. The minimum absolute atomic E-state index is 0.154. The molecule has 1 saturated heterocycles.